The summed E-state index contributed by atoms with van der Waals surface area (Å²) in [5.74, 6) is 0.0414. The molecule has 1 atom stereocenters. The third-order valence-corrected chi connectivity index (χ3v) is 4.25. The molecule has 1 heterocycles. The van der Waals surface area contributed by atoms with Gasteiger partial charge in [0.15, 0.2) is 5.78 Å². The summed E-state index contributed by atoms with van der Waals surface area (Å²) in [4.78, 5) is 27.9. The summed E-state index contributed by atoms with van der Waals surface area (Å²) in [6.07, 6.45) is 8.80. The molecule has 1 aromatic rings. The number of pyridine rings is 1. The number of nitrogens with zero attached hydrogens (tertiary/aromatic N) is 1. The van der Waals surface area contributed by atoms with Gasteiger partial charge in [0.1, 0.15) is 6.29 Å². The topological polar surface area (TPSA) is 59.1 Å². The Morgan fingerprint density at radius 2 is 2.10 bits per heavy atom. The number of ketones is 1. The maximum Gasteiger partial charge on any atom is 0.184 e. The Kier molecular flexibility index (Phi) is 5.05. The van der Waals surface area contributed by atoms with Crippen LogP contribution in [-0.2, 0) is 4.79 Å². The number of aldehydes is 1. The molecule has 0 bridgehead atoms. The number of nitrogens with one attached hydrogen (secondary N) is 1. The monoisotopic (exact) mass is 338 g/mol. The molecule has 1 saturated carbocycles. The third kappa shape index (κ3) is 3.33. The predicted octanol–water partition coefficient (Wildman–Crippen LogP) is 2.91. The van der Waals surface area contributed by atoms with Gasteiger partial charge in [-0.15, -0.1) is 0 Å². The molecule has 0 amide bonds. The van der Waals surface area contributed by atoms with E-state index in [-0.39, 0.29) is 11.8 Å². The van der Waals surface area contributed by atoms with Crippen LogP contribution in [0.25, 0.3) is 0 Å². The number of halogens is 1. The number of rotatable bonds is 5. The van der Waals surface area contributed by atoms with Crippen molar-refractivity contribution in [1.29, 1.82) is 0 Å². The highest BCUT2D eigenvalue weighted by Crippen LogP contribution is 2.32. The first kappa shape index (κ1) is 15.3. The van der Waals surface area contributed by atoms with Crippen LogP contribution >= 0.6 is 15.9 Å². The number of hydrogen-bond donors (Lipinski definition) is 1. The van der Waals surface area contributed by atoms with Crippen molar-refractivity contribution in [2.75, 3.05) is 0 Å². The molecule has 1 aliphatic rings. The fraction of sp³-hybridized carbons (Fsp3) is 0.533. The van der Waals surface area contributed by atoms with E-state index in [0.717, 1.165) is 42.9 Å². The van der Waals surface area contributed by atoms with Crippen LogP contribution in [0, 0.1) is 0 Å². The molecule has 1 fully saturated rings. The molecule has 1 unspecified atom stereocenters. The number of carbonyl (C=O) groups is 2. The summed E-state index contributed by atoms with van der Waals surface area (Å²) >= 11 is 3.35. The zero-order valence-electron chi connectivity index (χ0n) is 11.6. The van der Waals surface area contributed by atoms with Crippen LogP contribution in [-0.4, -0.2) is 28.6 Å². The molecule has 5 heteroatoms. The first-order valence-electron chi connectivity index (χ1n) is 6.96. The van der Waals surface area contributed by atoms with E-state index in [1.54, 1.807) is 25.4 Å². The minimum absolute atomic E-state index is 0.0414. The van der Waals surface area contributed by atoms with Gasteiger partial charge in [-0.3, -0.25) is 15.1 Å². The average Bonchev–Trinajstić information content (AvgIpc) is 2.47. The highest BCUT2D eigenvalue weighted by Gasteiger charge is 2.40. The van der Waals surface area contributed by atoms with Crippen LogP contribution in [0.15, 0.2) is 22.9 Å². The number of Topliss-reactive ketones (excluding diaryl/α,β-unsaturated/α-hetero) is 1. The van der Waals surface area contributed by atoms with Crippen LogP contribution in [0.3, 0.4) is 0 Å². The second kappa shape index (κ2) is 6.59. The summed E-state index contributed by atoms with van der Waals surface area (Å²) in [5, 5.41) is 3.24. The van der Waals surface area contributed by atoms with Gasteiger partial charge in [-0.05, 0) is 41.8 Å². The molecular formula is C15H19BrN2O2. The van der Waals surface area contributed by atoms with Crippen LogP contribution in [0.4, 0.5) is 0 Å². The molecule has 0 radical (unpaired) electrons. The number of hydrogen-bond acceptors (Lipinski definition) is 4. The Morgan fingerprint density at radius 3 is 2.70 bits per heavy atom. The van der Waals surface area contributed by atoms with E-state index >= 15 is 0 Å². The molecule has 108 valence electrons. The molecule has 0 spiro atoms. The third-order valence-electron chi connectivity index (χ3n) is 3.82. The van der Waals surface area contributed by atoms with Crippen LogP contribution in [0.1, 0.15) is 49.4 Å². The van der Waals surface area contributed by atoms with Crippen LogP contribution in [0.2, 0.25) is 0 Å². The van der Waals surface area contributed by atoms with E-state index in [2.05, 4.69) is 26.2 Å². The van der Waals surface area contributed by atoms with E-state index in [1.165, 1.54) is 0 Å². The molecule has 1 aromatic heterocycles. The van der Waals surface area contributed by atoms with E-state index in [1.807, 2.05) is 0 Å². The van der Waals surface area contributed by atoms with Crippen molar-refractivity contribution in [3.8, 4) is 0 Å². The number of carbonyl (C=O) groups excluding carboxylic acids is 2. The normalized spacial score (nSPS) is 19.3. The van der Waals surface area contributed by atoms with Crippen LogP contribution < -0.4 is 5.32 Å². The predicted molar refractivity (Wildman–Crippen MR) is 80.7 cm³/mol. The molecule has 1 N–H and O–H groups in total. The Labute approximate surface area is 127 Å². The molecule has 0 aliphatic heterocycles. The molecule has 0 saturated heterocycles. The lowest BCUT2D eigenvalue weighted by Gasteiger charge is -2.38. The first-order valence-corrected chi connectivity index (χ1v) is 7.75. The largest absolute Gasteiger partial charge is 0.302 e. The molecule has 20 heavy (non-hydrogen) atoms. The fourth-order valence-electron chi connectivity index (χ4n) is 2.87. The zero-order chi connectivity index (χ0) is 14.6. The minimum Gasteiger partial charge on any atom is -0.302 e. The second-order valence-electron chi connectivity index (χ2n) is 5.43. The lowest BCUT2D eigenvalue weighted by atomic mass is 9.76. The van der Waals surface area contributed by atoms with E-state index in [9.17, 15) is 9.59 Å². The van der Waals surface area contributed by atoms with Crippen LogP contribution in [0.5, 0.6) is 0 Å². The summed E-state index contributed by atoms with van der Waals surface area (Å²) in [6.45, 7) is 1.79. The van der Waals surface area contributed by atoms with Gasteiger partial charge in [-0.2, -0.15) is 0 Å². The van der Waals surface area contributed by atoms with Crippen molar-refractivity contribution in [1.82, 2.24) is 10.3 Å². The summed E-state index contributed by atoms with van der Waals surface area (Å²) in [5.41, 5.74) is -0.0343. The van der Waals surface area contributed by atoms with Crippen molar-refractivity contribution in [3.63, 3.8) is 0 Å². The van der Waals surface area contributed by atoms with Gasteiger partial charge in [0, 0.05) is 22.4 Å². The first-order chi connectivity index (χ1) is 9.57. The van der Waals surface area contributed by atoms with Crippen molar-refractivity contribution < 1.29 is 9.59 Å². The van der Waals surface area contributed by atoms with Gasteiger partial charge in [0.2, 0.25) is 0 Å². The Bertz CT molecular complexity index is 498. The minimum atomic E-state index is -0.624. The van der Waals surface area contributed by atoms with E-state index in [0.29, 0.717) is 5.56 Å². The quantitative estimate of drug-likeness (QED) is 0.662. The smallest absolute Gasteiger partial charge is 0.184 e. The Hall–Kier alpha value is -1.07. The number of aromatic nitrogens is 1. The van der Waals surface area contributed by atoms with Crippen molar-refractivity contribution in [2.45, 2.75) is 50.6 Å². The maximum atomic E-state index is 12.9. The molecule has 2 rings (SSSR count). The summed E-state index contributed by atoms with van der Waals surface area (Å²) < 4.78 is 0.790. The zero-order valence-corrected chi connectivity index (χ0v) is 13.1. The molecule has 4 nitrogen and oxygen atoms in total. The van der Waals surface area contributed by atoms with Gasteiger partial charge in [0.25, 0.3) is 0 Å². The van der Waals surface area contributed by atoms with Gasteiger partial charge in [-0.1, -0.05) is 19.3 Å². The Morgan fingerprint density at radius 1 is 1.40 bits per heavy atom. The average molecular weight is 339 g/mol. The molecule has 0 aromatic carbocycles. The van der Waals surface area contributed by atoms with Crippen molar-refractivity contribution in [3.05, 3.63) is 28.5 Å². The van der Waals surface area contributed by atoms with Gasteiger partial charge >= 0.3 is 0 Å². The second-order valence-corrected chi connectivity index (χ2v) is 6.35. The molecular weight excluding hydrogens is 320 g/mol. The lowest BCUT2D eigenvalue weighted by Crippen LogP contribution is -2.56. The fourth-order valence-corrected chi connectivity index (χ4v) is 3.24. The highest BCUT2D eigenvalue weighted by atomic mass is 79.9. The van der Waals surface area contributed by atoms with E-state index < -0.39 is 5.54 Å². The van der Waals surface area contributed by atoms with E-state index in [4.69, 9.17) is 0 Å². The summed E-state index contributed by atoms with van der Waals surface area (Å²) in [7, 11) is 0. The van der Waals surface area contributed by atoms with Gasteiger partial charge in [-0.25, -0.2) is 0 Å². The van der Waals surface area contributed by atoms with Gasteiger partial charge < -0.3 is 4.79 Å². The molecule has 1 aliphatic carbocycles. The highest BCUT2D eigenvalue weighted by molar-refractivity contribution is 9.10. The Balaban J connectivity index is 2.30. The maximum absolute atomic E-state index is 12.9. The van der Waals surface area contributed by atoms with Crippen molar-refractivity contribution >= 4 is 28.0 Å². The lowest BCUT2D eigenvalue weighted by molar-refractivity contribution is -0.109. The van der Waals surface area contributed by atoms with Crippen molar-refractivity contribution in [2.24, 2.45) is 0 Å². The van der Waals surface area contributed by atoms with Gasteiger partial charge in [0.05, 0.1) is 11.6 Å². The standard InChI is InChI=1S/C15H19BrN2O2/c1-11(10-19)18-15(5-3-2-4-6-15)14(20)12-7-13(16)9-17-8-12/h7-11,18H,2-6H2,1H3. The summed E-state index contributed by atoms with van der Waals surface area (Å²) in [6, 6.07) is 1.47. The SMILES string of the molecule is CC(C=O)NC1(C(=O)c2cncc(Br)c2)CCCCC1.